The molecule has 9 nitrogen and oxygen atoms in total. The maximum absolute atomic E-state index is 12.1. The number of rotatable bonds is 3. The molecule has 0 radical (unpaired) electrons. The molecule has 3 aromatic rings. The predicted molar refractivity (Wildman–Crippen MR) is 89.4 cm³/mol. The minimum absolute atomic E-state index is 0.168. The lowest BCUT2D eigenvalue weighted by Gasteiger charge is -2.16. The van der Waals surface area contributed by atoms with Crippen LogP contribution in [0.4, 0.5) is 5.82 Å². The topological polar surface area (TPSA) is 114 Å². The van der Waals surface area contributed by atoms with E-state index in [0.717, 1.165) is 9.89 Å². The van der Waals surface area contributed by atoms with Crippen LogP contribution in [0.15, 0.2) is 22.1 Å². The van der Waals surface area contributed by atoms with E-state index in [2.05, 4.69) is 25.6 Å². The summed E-state index contributed by atoms with van der Waals surface area (Å²) in [6, 6.07) is 1.89. The summed E-state index contributed by atoms with van der Waals surface area (Å²) in [4.78, 5) is 34.6. The van der Waals surface area contributed by atoms with Crippen LogP contribution in [0, 0.1) is 13.8 Å². The van der Waals surface area contributed by atoms with E-state index in [1.807, 2.05) is 13.0 Å². The van der Waals surface area contributed by atoms with Crippen molar-refractivity contribution < 1.29 is 14.0 Å². The number of nitrogens with one attached hydrogen (secondary N) is 1. The number of carbonyl (C=O) groups is 2. The minimum atomic E-state index is -0.448. The summed E-state index contributed by atoms with van der Waals surface area (Å²) in [5.74, 6) is 0.240. The number of hydrazine groups is 1. The summed E-state index contributed by atoms with van der Waals surface area (Å²) < 4.78 is 5.38. The highest BCUT2D eigenvalue weighted by atomic mass is 32.1. The fraction of sp³-hybridized carbons (Fsp3) is 0.200. The van der Waals surface area contributed by atoms with E-state index in [1.54, 1.807) is 13.8 Å². The molecular formula is C15H12N6O3S. The number of amides is 2. The lowest BCUT2D eigenvalue weighted by molar-refractivity contribution is -0.135. The largest absolute Gasteiger partial charge is 0.418 e. The summed E-state index contributed by atoms with van der Waals surface area (Å²) in [6.07, 6.45) is 1.27. The molecular weight excluding hydrogens is 344 g/mol. The van der Waals surface area contributed by atoms with Crippen LogP contribution in [0.3, 0.4) is 0 Å². The van der Waals surface area contributed by atoms with E-state index in [9.17, 15) is 9.59 Å². The van der Waals surface area contributed by atoms with Gasteiger partial charge in [0.05, 0.1) is 5.39 Å². The first-order chi connectivity index (χ1) is 11.9. The molecule has 0 spiro atoms. The number of hydrogen-bond acceptors (Lipinski definition) is 9. The number of fused-ring (bicyclic) bond motifs is 1. The smallest absolute Gasteiger partial charge is 0.285 e. The Morgan fingerprint density at radius 1 is 1.16 bits per heavy atom. The summed E-state index contributed by atoms with van der Waals surface area (Å²) in [6.45, 7) is 5.18. The van der Waals surface area contributed by atoms with Gasteiger partial charge in [-0.3, -0.25) is 15.0 Å². The van der Waals surface area contributed by atoms with Crippen molar-refractivity contribution in [2.24, 2.45) is 0 Å². The van der Waals surface area contributed by atoms with Crippen molar-refractivity contribution in [2.45, 2.75) is 20.8 Å². The van der Waals surface area contributed by atoms with Crippen LogP contribution in [0.5, 0.6) is 0 Å². The van der Waals surface area contributed by atoms with Gasteiger partial charge in [0, 0.05) is 23.5 Å². The van der Waals surface area contributed by atoms with Crippen LogP contribution < -0.4 is 5.43 Å². The van der Waals surface area contributed by atoms with Gasteiger partial charge in [0.25, 0.3) is 17.7 Å². The Balaban J connectivity index is 1.82. The zero-order chi connectivity index (χ0) is 17.7. The van der Waals surface area contributed by atoms with Gasteiger partial charge in [-0.15, -0.1) is 21.5 Å². The van der Waals surface area contributed by atoms with Crippen molar-refractivity contribution in [3.05, 3.63) is 28.5 Å². The molecule has 126 valence electrons. The van der Waals surface area contributed by atoms with Crippen LogP contribution in [0.25, 0.3) is 21.9 Å². The molecule has 0 bridgehead atoms. The molecule has 3 aromatic heterocycles. The Labute approximate surface area is 145 Å². The highest BCUT2D eigenvalue weighted by Gasteiger charge is 2.30. The summed E-state index contributed by atoms with van der Waals surface area (Å²) in [5.41, 5.74) is 3.15. The Morgan fingerprint density at radius 2 is 1.96 bits per heavy atom. The number of aryl methyl sites for hydroxylation is 2. The molecule has 10 heteroatoms. The van der Waals surface area contributed by atoms with Crippen molar-refractivity contribution in [1.29, 1.82) is 0 Å². The third-order valence-electron chi connectivity index (χ3n) is 3.55. The van der Waals surface area contributed by atoms with Gasteiger partial charge in [-0.05, 0) is 19.9 Å². The Morgan fingerprint density at radius 3 is 2.60 bits per heavy atom. The van der Waals surface area contributed by atoms with E-state index >= 15 is 0 Å². The van der Waals surface area contributed by atoms with Crippen LogP contribution >= 0.6 is 11.3 Å². The third kappa shape index (κ3) is 2.56. The lowest BCUT2D eigenvalue weighted by Crippen LogP contribution is -2.36. The van der Waals surface area contributed by atoms with E-state index in [1.165, 1.54) is 17.4 Å². The zero-order valence-corrected chi connectivity index (χ0v) is 14.3. The van der Waals surface area contributed by atoms with Crippen molar-refractivity contribution in [2.75, 3.05) is 5.43 Å². The van der Waals surface area contributed by atoms with Crippen LogP contribution in [-0.2, 0) is 9.59 Å². The Hall–Kier alpha value is -3.14. The summed E-state index contributed by atoms with van der Waals surface area (Å²) in [7, 11) is 0. The molecule has 0 saturated heterocycles. The number of aromatic nitrogens is 4. The average Bonchev–Trinajstić information content (AvgIpc) is 3.21. The lowest BCUT2D eigenvalue weighted by atomic mass is 10.3. The zero-order valence-electron chi connectivity index (χ0n) is 13.5. The van der Waals surface area contributed by atoms with E-state index in [-0.39, 0.29) is 11.7 Å². The minimum Gasteiger partial charge on any atom is -0.418 e. The number of hydrogen-bond donors (Lipinski definition) is 1. The molecule has 0 saturated carbocycles. The number of anilines is 1. The molecule has 1 aliphatic rings. The van der Waals surface area contributed by atoms with E-state index < -0.39 is 11.8 Å². The third-order valence-corrected chi connectivity index (χ3v) is 4.50. The second-order valence-electron chi connectivity index (χ2n) is 5.52. The van der Waals surface area contributed by atoms with Gasteiger partial charge in [-0.1, -0.05) is 0 Å². The second-order valence-corrected chi connectivity index (χ2v) is 6.75. The first kappa shape index (κ1) is 15.4. The van der Waals surface area contributed by atoms with Gasteiger partial charge in [-0.2, -0.15) is 5.01 Å². The second kappa shape index (κ2) is 5.45. The fourth-order valence-corrected chi connectivity index (χ4v) is 3.29. The summed E-state index contributed by atoms with van der Waals surface area (Å²) in [5, 5.41) is 9.32. The average molecular weight is 356 g/mol. The van der Waals surface area contributed by atoms with Gasteiger partial charge < -0.3 is 4.42 Å². The van der Waals surface area contributed by atoms with Crippen LogP contribution in [0.1, 0.15) is 17.7 Å². The molecule has 0 unspecified atom stereocenters. The molecule has 2 amide bonds. The van der Waals surface area contributed by atoms with E-state index in [0.29, 0.717) is 27.5 Å². The quantitative estimate of drug-likeness (QED) is 0.709. The first-order valence-electron chi connectivity index (χ1n) is 7.34. The molecule has 4 rings (SSSR count). The van der Waals surface area contributed by atoms with Gasteiger partial charge >= 0.3 is 0 Å². The summed E-state index contributed by atoms with van der Waals surface area (Å²) >= 11 is 1.46. The normalized spacial score (nSPS) is 14.5. The van der Waals surface area contributed by atoms with Gasteiger partial charge in [0.1, 0.15) is 4.83 Å². The van der Waals surface area contributed by atoms with Crippen molar-refractivity contribution in [3.8, 4) is 11.7 Å². The number of nitrogens with zero attached hydrogens (tertiary/aromatic N) is 5. The van der Waals surface area contributed by atoms with Crippen LogP contribution in [-0.4, -0.2) is 37.0 Å². The predicted octanol–water partition coefficient (Wildman–Crippen LogP) is 2.00. The van der Waals surface area contributed by atoms with Crippen LogP contribution in [0.2, 0.25) is 0 Å². The Kier molecular flexibility index (Phi) is 3.35. The molecule has 1 aliphatic heterocycles. The Bertz CT molecular complexity index is 1070. The maximum Gasteiger partial charge on any atom is 0.285 e. The number of thiophene rings is 1. The molecule has 0 atom stereocenters. The highest BCUT2D eigenvalue weighted by Crippen LogP contribution is 2.31. The van der Waals surface area contributed by atoms with Gasteiger partial charge in [-0.25, -0.2) is 9.97 Å². The first-order valence-corrected chi connectivity index (χ1v) is 8.16. The van der Waals surface area contributed by atoms with Crippen molar-refractivity contribution in [1.82, 2.24) is 25.2 Å². The molecule has 0 aliphatic carbocycles. The highest BCUT2D eigenvalue weighted by molar-refractivity contribution is 7.18. The molecule has 0 aromatic carbocycles. The van der Waals surface area contributed by atoms with E-state index in [4.69, 9.17) is 4.42 Å². The molecule has 0 fully saturated rings. The molecule has 25 heavy (non-hydrogen) atoms. The van der Waals surface area contributed by atoms with Crippen molar-refractivity contribution >= 4 is 39.2 Å². The maximum atomic E-state index is 12.1. The SMILES string of the molecule is CC1=CC(=O)N(Nc2nc(-c3nnc(C)o3)nc3sc(C)cc23)C1=O. The van der Waals surface area contributed by atoms with Gasteiger partial charge in [0.2, 0.25) is 11.7 Å². The monoisotopic (exact) mass is 356 g/mol. The van der Waals surface area contributed by atoms with Gasteiger partial charge in [0.15, 0.2) is 5.82 Å². The number of imide groups is 1. The number of carbonyl (C=O) groups excluding carboxylic acids is 2. The van der Waals surface area contributed by atoms with Crippen molar-refractivity contribution in [3.63, 3.8) is 0 Å². The standard InChI is InChI=1S/C15H12N6O3S/c1-6-4-10(22)21(15(6)23)20-11-9-5-7(2)25-14(9)17-12(16-11)13-19-18-8(3)24-13/h4-5H,1-3H3,(H,16,17,20). The molecule has 1 N–H and O–H groups in total. The molecule has 4 heterocycles. The fourth-order valence-electron chi connectivity index (χ4n) is 2.41.